The number of hydrogen-bond donors (Lipinski definition) is 0. The minimum atomic E-state index is -0.399. The van der Waals surface area contributed by atoms with Crippen LogP contribution in [-0.2, 0) is 20.9 Å². The maximum atomic E-state index is 12.9. The van der Waals surface area contributed by atoms with E-state index in [0.717, 1.165) is 31.2 Å². The smallest absolute Gasteiger partial charge is 0.329 e. The van der Waals surface area contributed by atoms with Crippen molar-refractivity contribution in [2.45, 2.75) is 38.3 Å². The first kappa shape index (κ1) is 15.4. The second-order valence-corrected chi connectivity index (χ2v) is 7.17. The lowest BCUT2D eigenvalue weighted by Crippen LogP contribution is -2.45. The van der Waals surface area contributed by atoms with Crippen LogP contribution in [0.4, 0.5) is 0 Å². The molecule has 1 amide bonds. The Hall–Kier alpha value is -2.10. The quantitative estimate of drug-likeness (QED) is 0.632. The molecule has 0 unspecified atom stereocenters. The van der Waals surface area contributed by atoms with Gasteiger partial charge < -0.3 is 9.64 Å². The van der Waals surface area contributed by atoms with Gasteiger partial charge in [-0.1, -0.05) is 42.5 Å². The Kier molecular flexibility index (Phi) is 4.13. The van der Waals surface area contributed by atoms with Crippen molar-refractivity contribution in [1.29, 1.82) is 0 Å². The van der Waals surface area contributed by atoms with Crippen LogP contribution in [0.1, 0.15) is 31.2 Å². The molecule has 1 aliphatic heterocycles. The molecule has 4 rings (SSSR count). The third-order valence-corrected chi connectivity index (χ3v) is 5.63. The van der Waals surface area contributed by atoms with Crippen LogP contribution in [-0.4, -0.2) is 29.4 Å². The lowest BCUT2D eigenvalue weighted by Gasteiger charge is -2.28. The van der Waals surface area contributed by atoms with Crippen LogP contribution < -0.4 is 0 Å². The molecule has 1 aromatic carbocycles. The van der Waals surface area contributed by atoms with E-state index < -0.39 is 6.04 Å². The number of esters is 1. The summed E-state index contributed by atoms with van der Waals surface area (Å²) in [6.07, 6.45) is 8.08. The highest BCUT2D eigenvalue weighted by molar-refractivity contribution is 5.87. The summed E-state index contributed by atoms with van der Waals surface area (Å²) in [5.74, 6) is 0.913. The van der Waals surface area contributed by atoms with E-state index in [1.54, 1.807) is 4.90 Å². The van der Waals surface area contributed by atoms with E-state index in [1.807, 2.05) is 30.3 Å². The fraction of sp³-hybridized carbons (Fsp3) is 0.500. The zero-order chi connectivity index (χ0) is 16.5. The zero-order valence-electron chi connectivity index (χ0n) is 13.8. The first-order valence-corrected chi connectivity index (χ1v) is 8.92. The number of amides is 1. The maximum Gasteiger partial charge on any atom is 0.329 e. The van der Waals surface area contributed by atoms with Gasteiger partial charge in [-0.05, 0) is 43.1 Å². The second kappa shape index (κ2) is 6.42. The van der Waals surface area contributed by atoms with Gasteiger partial charge in [0.1, 0.15) is 12.6 Å². The second-order valence-electron chi connectivity index (χ2n) is 7.17. The number of ether oxygens (including phenoxy) is 1. The maximum absolute atomic E-state index is 12.9. The molecule has 1 aromatic rings. The standard InChI is InChI=1S/C20H23NO3/c22-19(17-12-15-8-9-16(17)11-15)21-10-4-7-18(21)20(23)24-13-14-5-2-1-3-6-14/h1-3,5-6,8-9,15-18H,4,7,10-13H2/t15-,16+,17-,18-/m0/s1. The molecular weight excluding hydrogens is 302 g/mol. The molecule has 4 atom stereocenters. The van der Waals surface area contributed by atoms with Gasteiger partial charge in [-0.25, -0.2) is 4.79 Å². The monoisotopic (exact) mass is 325 g/mol. The molecule has 0 N–H and O–H groups in total. The number of likely N-dealkylation sites (tertiary alicyclic amines) is 1. The molecule has 1 saturated heterocycles. The predicted octanol–water partition coefficient (Wildman–Crippen LogP) is 2.93. The van der Waals surface area contributed by atoms with E-state index in [-0.39, 0.29) is 24.4 Å². The van der Waals surface area contributed by atoms with Crippen LogP contribution in [0, 0.1) is 17.8 Å². The fourth-order valence-electron chi connectivity index (χ4n) is 4.38. The number of hydrogen-bond acceptors (Lipinski definition) is 3. The van der Waals surface area contributed by atoms with Crippen molar-refractivity contribution in [3.8, 4) is 0 Å². The first-order chi connectivity index (χ1) is 11.7. The van der Waals surface area contributed by atoms with E-state index in [4.69, 9.17) is 4.74 Å². The Bertz CT molecular complexity index is 654. The van der Waals surface area contributed by atoms with Crippen LogP contribution >= 0.6 is 0 Å². The van der Waals surface area contributed by atoms with Crippen molar-refractivity contribution in [2.24, 2.45) is 17.8 Å². The number of benzene rings is 1. The SMILES string of the molecule is O=C(OCc1ccccc1)[C@@H]1CCCN1C(=O)[C@H]1C[C@H]2C=C[C@@H]1C2. The minimum Gasteiger partial charge on any atom is -0.459 e. The molecule has 1 heterocycles. The van der Waals surface area contributed by atoms with Crippen molar-refractivity contribution in [3.05, 3.63) is 48.0 Å². The van der Waals surface area contributed by atoms with Gasteiger partial charge in [0, 0.05) is 12.5 Å². The largest absolute Gasteiger partial charge is 0.459 e. The number of fused-ring (bicyclic) bond motifs is 2. The molecule has 3 aliphatic rings. The van der Waals surface area contributed by atoms with Gasteiger partial charge in [0.2, 0.25) is 5.91 Å². The normalized spacial score (nSPS) is 30.8. The van der Waals surface area contributed by atoms with Crippen LogP contribution in [0.5, 0.6) is 0 Å². The summed E-state index contributed by atoms with van der Waals surface area (Å²) in [5, 5.41) is 0. The van der Waals surface area contributed by atoms with E-state index in [9.17, 15) is 9.59 Å². The molecule has 0 spiro atoms. The molecular formula is C20H23NO3. The number of nitrogens with zero attached hydrogens (tertiary/aromatic N) is 1. The Balaban J connectivity index is 1.38. The van der Waals surface area contributed by atoms with E-state index in [0.29, 0.717) is 18.4 Å². The Morgan fingerprint density at radius 1 is 1.12 bits per heavy atom. The summed E-state index contributed by atoms with van der Waals surface area (Å²) < 4.78 is 5.47. The minimum absolute atomic E-state index is 0.0718. The number of carbonyl (C=O) groups is 2. The third-order valence-electron chi connectivity index (χ3n) is 5.63. The zero-order valence-corrected chi connectivity index (χ0v) is 13.8. The Morgan fingerprint density at radius 3 is 2.67 bits per heavy atom. The van der Waals surface area contributed by atoms with Crippen molar-refractivity contribution < 1.29 is 14.3 Å². The van der Waals surface area contributed by atoms with Gasteiger partial charge in [-0.2, -0.15) is 0 Å². The molecule has 2 fully saturated rings. The average molecular weight is 325 g/mol. The topological polar surface area (TPSA) is 46.6 Å². The summed E-state index contributed by atoms with van der Waals surface area (Å²) >= 11 is 0. The van der Waals surface area contributed by atoms with Gasteiger partial charge in [0.25, 0.3) is 0 Å². The van der Waals surface area contributed by atoms with Crippen molar-refractivity contribution >= 4 is 11.9 Å². The highest BCUT2D eigenvalue weighted by Crippen LogP contribution is 2.44. The molecule has 0 radical (unpaired) electrons. The predicted molar refractivity (Wildman–Crippen MR) is 89.8 cm³/mol. The summed E-state index contributed by atoms with van der Waals surface area (Å²) in [6, 6.07) is 9.27. The fourth-order valence-corrected chi connectivity index (χ4v) is 4.38. The van der Waals surface area contributed by atoms with Gasteiger partial charge >= 0.3 is 5.97 Å². The molecule has 24 heavy (non-hydrogen) atoms. The van der Waals surface area contributed by atoms with E-state index in [2.05, 4.69) is 12.2 Å². The molecule has 4 nitrogen and oxygen atoms in total. The highest BCUT2D eigenvalue weighted by atomic mass is 16.5. The summed E-state index contributed by atoms with van der Waals surface area (Å²) in [7, 11) is 0. The lowest BCUT2D eigenvalue weighted by molar-refractivity contribution is -0.156. The van der Waals surface area contributed by atoms with Crippen LogP contribution in [0.25, 0.3) is 0 Å². The van der Waals surface area contributed by atoms with Crippen molar-refractivity contribution in [3.63, 3.8) is 0 Å². The molecule has 4 heteroatoms. The Morgan fingerprint density at radius 2 is 1.96 bits per heavy atom. The van der Waals surface area contributed by atoms with Gasteiger partial charge in [-0.15, -0.1) is 0 Å². The summed E-state index contributed by atoms with van der Waals surface area (Å²) in [6.45, 7) is 0.955. The van der Waals surface area contributed by atoms with E-state index >= 15 is 0 Å². The Labute approximate surface area is 142 Å². The van der Waals surface area contributed by atoms with Gasteiger partial charge in [0.05, 0.1) is 0 Å². The van der Waals surface area contributed by atoms with Crippen LogP contribution in [0.3, 0.4) is 0 Å². The number of allylic oxidation sites excluding steroid dienone is 2. The third kappa shape index (κ3) is 2.85. The highest BCUT2D eigenvalue weighted by Gasteiger charge is 2.45. The van der Waals surface area contributed by atoms with Gasteiger partial charge in [0.15, 0.2) is 0 Å². The van der Waals surface area contributed by atoms with E-state index in [1.165, 1.54) is 0 Å². The van der Waals surface area contributed by atoms with Crippen molar-refractivity contribution in [2.75, 3.05) is 6.54 Å². The molecule has 1 saturated carbocycles. The number of carbonyl (C=O) groups excluding carboxylic acids is 2. The summed E-state index contributed by atoms with van der Waals surface area (Å²) in [5.41, 5.74) is 0.972. The molecule has 0 aromatic heterocycles. The lowest BCUT2D eigenvalue weighted by atomic mass is 9.92. The average Bonchev–Trinajstić information content (AvgIpc) is 3.35. The molecule has 2 bridgehead atoms. The van der Waals surface area contributed by atoms with Crippen LogP contribution in [0.2, 0.25) is 0 Å². The summed E-state index contributed by atoms with van der Waals surface area (Å²) in [4.78, 5) is 27.2. The van der Waals surface area contributed by atoms with Gasteiger partial charge in [-0.3, -0.25) is 4.79 Å². The molecule has 2 aliphatic carbocycles. The molecule has 126 valence electrons. The first-order valence-electron chi connectivity index (χ1n) is 8.92. The number of rotatable bonds is 4. The van der Waals surface area contributed by atoms with Crippen LogP contribution in [0.15, 0.2) is 42.5 Å². The van der Waals surface area contributed by atoms with Crippen molar-refractivity contribution in [1.82, 2.24) is 4.90 Å².